The molecule has 1 unspecified atom stereocenters. The third kappa shape index (κ3) is 4.30. The van der Waals surface area contributed by atoms with Crippen molar-refractivity contribution in [1.82, 2.24) is 9.88 Å². The quantitative estimate of drug-likeness (QED) is 0.737. The monoisotopic (exact) mass is 380 g/mol. The van der Waals surface area contributed by atoms with Crippen molar-refractivity contribution in [3.8, 4) is 5.75 Å². The number of amides is 1. The zero-order valence-electron chi connectivity index (χ0n) is 14.1. The van der Waals surface area contributed by atoms with Crippen LogP contribution in [0.25, 0.3) is 11.1 Å². The topological polar surface area (TPSA) is 73.5 Å². The lowest BCUT2D eigenvalue weighted by Gasteiger charge is -2.13. The number of rotatable bonds is 5. The van der Waals surface area contributed by atoms with Crippen LogP contribution in [-0.4, -0.2) is 16.8 Å². The van der Waals surface area contributed by atoms with Gasteiger partial charge in [0.2, 0.25) is 5.91 Å². The van der Waals surface area contributed by atoms with Crippen LogP contribution in [0.3, 0.4) is 0 Å². The maximum atomic E-state index is 12.4. The van der Waals surface area contributed by atoms with Crippen LogP contribution in [0, 0.1) is 0 Å². The summed E-state index contributed by atoms with van der Waals surface area (Å²) in [6.07, 6.45) is -4.76. The van der Waals surface area contributed by atoms with Gasteiger partial charge in [-0.3, -0.25) is 9.36 Å². The second-order valence-electron chi connectivity index (χ2n) is 5.79. The van der Waals surface area contributed by atoms with Crippen LogP contribution in [0.2, 0.25) is 0 Å². The van der Waals surface area contributed by atoms with Gasteiger partial charge in [-0.1, -0.05) is 24.3 Å². The number of ether oxygens (including phenoxy) is 1. The molecule has 1 atom stereocenters. The van der Waals surface area contributed by atoms with E-state index in [-0.39, 0.29) is 12.3 Å². The van der Waals surface area contributed by atoms with E-state index in [1.807, 2.05) is 0 Å². The van der Waals surface area contributed by atoms with Crippen molar-refractivity contribution in [2.75, 3.05) is 0 Å². The van der Waals surface area contributed by atoms with Crippen LogP contribution >= 0.6 is 0 Å². The molecular formula is C18H15F3N2O4. The molecule has 0 spiro atoms. The summed E-state index contributed by atoms with van der Waals surface area (Å²) >= 11 is 0. The highest BCUT2D eigenvalue weighted by molar-refractivity contribution is 5.82. The summed E-state index contributed by atoms with van der Waals surface area (Å²) in [6.45, 7) is 1.64. The Morgan fingerprint density at radius 2 is 1.85 bits per heavy atom. The number of alkyl halides is 3. The standard InChI is InChI=1S/C18H15F3N2O4/c1-11(23-14-4-2-3-5-15(14)26-17(23)25)16(24)22-10-12-6-8-13(9-7-12)27-18(19,20)21/h2-9,11H,10H2,1H3,(H,22,24). The lowest BCUT2D eigenvalue weighted by atomic mass is 10.2. The van der Waals surface area contributed by atoms with E-state index < -0.39 is 24.1 Å². The second-order valence-corrected chi connectivity index (χ2v) is 5.79. The van der Waals surface area contributed by atoms with E-state index in [0.29, 0.717) is 16.7 Å². The van der Waals surface area contributed by atoms with E-state index in [1.165, 1.54) is 16.7 Å². The number of carbonyl (C=O) groups excluding carboxylic acids is 1. The molecule has 0 aliphatic heterocycles. The first-order valence-electron chi connectivity index (χ1n) is 7.97. The smallest absolute Gasteiger partial charge is 0.408 e. The largest absolute Gasteiger partial charge is 0.573 e. The van der Waals surface area contributed by atoms with Crippen LogP contribution in [0.15, 0.2) is 57.7 Å². The molecule has 0 saturated heterocycles. The Kier molecular flexibility index (Phi) is 4.93. The van der Waals surface area contributed by atoms with E-state index in [4.69, 9.17) is 4.42 Å². The highest BCUT2D eigenvalue weighted by atomic mass is 19.4. The number of nitrogens with zero attached hydrogens (tertiary/aromatic N) is 1. The molecular weight excluding hydrogens is 365 g/mol. The lowest BCUT2D eigenvalue weighted by molar-refractivity contribution is -0.274. The van der Waals surface area contributed by atoms with Crippen molar-refractivity contribution < 1.29 is 27.1 Å². The number of carbonyl (C=O) groups is 1. The molecule has 3 aromatic rings. The van der Waals surface area contributed by atoms with Crippen LogP contribution in [-0.2, 0) is 11.3 Å². The van der Waals surface area contributed by atoms with E-state index in [1.54, 1.807) is 31.2 Å². The van der Waals surface area contributed by atoms with Gasteiger partial charge in [-0.2, -0.15) is 0 Å². The molecule has 1 aromatic heterocycles. The molecule has 9 heteroatoms. The van der Waals surface area contributed by atoms with Gasteiger partial charge in [0.25, 0.3) is 0 Å². The summed E-state index contributed by atoms with van der Waals surface area (Å²) in [5.74, 6) is -1.42. The Bertz CT molecular complexity index is 1010. The fourth-order valence-corrected chi connectivity index (χ4v) is 2.61. The molecule has 27 heavy (non-hydrogen) atoms. The summed E-state index contributed by atoms with van der Waals surface area (Å²) in [5.41, 5.74) is 1.45. The maximum Gasteiger partial charge on any atom is 0.573 e. The van der Waals surface area contributed by atoms with Crippen molar-refractivity contribution in [1.29, 1.82) is 0 Å². The van der Waals surface area contributed by atoms with Crippen molar-refractivity contribution in [2.45, 2.75) is 25.9 Å². The maximum absolute atomic E-state index is 12.4. The summed E-state index contributed by atoms with van der Waals surface area (Å²) in [6, 6.07) is 11.0. The van der Waals surface area contributed by atoms with E-state index in [9.17, 15) is 22.8 Å². The van der Waals surface area contributed by atoms with E-state index in [0.717, 1.165) is 12.1 Å². The second kappa shape index (κ2) is 7.18. The van der Waals surface area contributed by atoms with Crippen molar-refractivity contribution in [3.63, 3.8) is 0 Å². The number of aromatic nitrogens is 1. The number of nitrogens with one attached hydrogen (secondary N) is 1. The Morgan fingerprint density at radius 1 is 1.19 bits per heavy atom. The number of hydrogen-bond donors (Lipinski definition) is 1. The van der Waals surface area contributed by atoms with Gasteiger partial charge in [-0.15, -0.1) is 13.2 Å². The molecule has 0 radical (unpaired) electrons. The number of benzene rings is 2. The molecule has 2 aromatic carbocycles. The fraction of sp³-hybridized carbons (Fsp3) is 0.222. The van der Waals surface area contributed by atoms with Gasteiger partial charge in [0.15, 0.2) is 5.58 Å². The van der Waals surface area contributed by atoms with Gasteiger partial charge in [-0.25, -0.2) is 4.79 Å². The van der Waals surface area contributed by atoms with Crippen LogP contribution in [0.1, 0.15) is 18.5 Å². The van der Waals surface area contributed by atoms with Gasteiger partial charge >= 0.3 is 12.1 Å². The predicted molar refractivity (Wildman–Crippen MR) is 90.2 cm³/mol. The normalized spacial score (nSPS) is 12.7. The minimum atomic E-state index is -4.76. The summed E-state index contributed by atoms with van der Waals surface area (Å²) in [4.78, 5) is 24.4. The molecule has 6 nitrogen and oxygen atoms in total. The number of oxazole rings is 1. The zero-order valence-corrected chi connectivity index (χ0v) is 14.1. The molecule has 0 aliphatic carbocycles. The Labute approximate surface area is 151 Å². The molecule has 3 rings (SSSR count). The van der Waals surface area contributed by atoms with Crippen molar-refractivity contribution in [2.24, 2.45) is 0 Å². The highest BCUT2D eigenvalue weighted by Crippen LogP contribution is 2.23. The first kappa shape index (κ1) is 18.6. The third-order valence-corrected chi connectivity index (χ3v) is 3.91. The summed E-state index contributed by atoms with van der Waals surface area (Å²) < 4.78 is 46.6. The zero-order chi connectivity index (χ0) is 19.6. The summed E-state index contributed by atoms with van der Waals surface area (Å²) in [5, 5.41) is 2.64. The Morgan fingerprint density at radius 3 is 2.52 bits per heavy atom. The molecule has 0 aliphatic rings. The molecule has 0 saturated carbocycles. The summed E-state index contributed by atoms with van der Waals surface area (Å²) in [7, 11) is 0. The van der Waals surface area contributed by atoms with Gasteiger partial charge in [0.05, 0.1) is 5.52 Å². The first-order valence-corrected chi connectivity index (χ1v) is 7.97. The number of halogens is 3. The Hall–Kier alpha value is -3.23. The van der Waals surface area contributed by atoms with Crippen molar-refractivity contribution >= 4 is 17.0 Å². The van der Waals surface area contributed by atoms with E-state index in [2.05, 4.69) is 10.1 Å². The number of fused-ring (bicyclic) bond motifs is 1. The number of para-hydroxylation sites is 2. The Balaban J connectivity index is 1.67. The number of hydrogen-bond acceptors (Lipinski definition) is 4. The molecule has 0 bridgehead atoms. The van der Waals surface area contributed by atoms with Crippen LogP contribution < -0.4 is 15.8 Å². The molecule has 1 amide bonds. The van der Waals surface area contributed by atoms with Gasteiger partial charge in [0, 0.05) is 6.54 Å². The fourth-order valence-electron chi connectivity index (χ4n) is 2.61. The van der Waals surface area contributed by atoms with Gasteiger partial charge in [-0.05, 0) is 36.8 Å². The van der Waals surface area contributed by atoms with Gasteiger partial charge in [0.1, 0.15) is 11.8 Å². The molecule has 1 heterocycles. The van der Waals surface area contributed by atoms with Crippen LogP contribution in [0.4, 0.5) is 13.2 Å². The molecule has 1 N–H and O–H groups in total. The molecule has 0 fully saturated rings. The lowest BCUT2D eigenvalue weighted by Crippen LogP contribution is -2.34. The molecule has 142 valence electrons. The highest BCUT2D eigenvalue weighted by Gasteiger charge is 2.31. The minimum absolute atomic E-state index is 0.0833. The average Bonchev–Trinajstić information content (AvgIpc) is 2.94. The SMILES string of the molecule is CC(C(=O)NCc1ccc(OC(F)(F)F)cc1)n1c(=O)oc2ccccc21. The predicted octanol–water partition coefficient (Wildman–Crippen LogP) is 3.37. The first-order chi connectivity index (χ1) is 12.7. The average molecular weight is 380 g/mol. The van der Waals surface area contributed by atoms with Crippen LogP contribution in [0.5, 0.6) is 5.75 Å². The van der Waals surface area contributed by atoms with E-state index >= 15 is 0 Å². The van der Waals surface area contributed by atoms with Gasteiger partial charge < -0.3 is 14.5 Å². The minimum Gasteiger partial charge on any atom is -0.408 e. The van der Waals surface area contributed by atoms with Crippen molar-refractivity contribution in [3.05, 3.63) is 64.6 Å². The third-order valence-electron chi connectivity index (χ3n) is 3.91.